The molecule has 1 aliphatic rings. The Kier molecular flexibility index (Phi) is 5.15. The third kappa shape index (κ3) is 3.60. The van der Waals surface area contributed by atoms with Crippen molar-refractivity contribution in [2.75, 3.05) is 30.5 Å². The van der Waals surface area contributed by atoms with Gasteiger partial charge in [-0.25, -0.2) is 9.48 Å². The minimum absolute atomic E-state index is 0.0805. The van der Waals surface area contributed by atoms with Gasteiger partial charge in [-0.05, 0) is 46.8 Å². The molecule has 2 heterocycles. The predicted octanol–water partition coefficient (Wildman–Crippen LogP) is 1.71. The molecular weight excluding hydrogens is 398 g/mol. The highest BCUT2D eigenvalue weighted by molar-refractivity contribution is 6.04. The SMILES string of the molecule is CN1C(=C(C#N)C(=O)COC(=O)c2ccc(-n3cnnn3)cc2)N(C)c2ccccc21. The van der Waals surface area contributed by atoms with Crippen LogP contribution in [0.25, 0.3) is 5.69 Å². The Morgan fingerprint density at radius 3 is 2.23 bits per heavy atom. The molecule has 10 nitrogen and oxygen atoms in total. The van der Waals surface area contributed by atoms with Crippen LogP contribution in [0, 0.1) is 11.3 Å². The second-order valence-electron chi connectivity index (χ2n) is 6.72. The second-order valence-corrected chi connectivity index (χ2v) is 6.72. The van der Waals surface area contributed by atoms with Crippen LogP contribution in [-0.2, 0) is 9.53 Å². The molecule has 1 aliphatic heterocycles. The van der Waals surface area contributed by atoms with Gasteiger partial charge in [-0.3, -0.25) is 4.79 Å². The van der Waals surface area contributed by atoms with E-state index in [-0.39, 0.29) is 11.1 Å². The minimum Gasteiger partial charge on any atom is -0.454 e. The molecule has 0 saturated heterocycles. The summed E-state index contributed by atoms with van der Waals surface area (Å²) in [6.45, 7) is -0.544. The van der Waals surface area contributed by atoms with Crippen molar-refractivity contribution in [1.82, 2.24) is 20.2 Å². The topological polar surface area (TPSA) is 117 Å². The van der Waals surface area contributed by atoms with Crippen LogP contribution in [0.1, 0.15) is 10.4 Å². The molecule has 4 rings (SSSR count). The average Bonchev–Trinajstić information content (AvgIpc) is 3.42. The maximum absolute atomic E-state index is 12.7. The number of aromatic nitrogens is 4. The van der Waals surface area contributed by atoms with E-state index in [1.807, 2.05) is 30.3 Å². The zero-order valence-electron chi connectivity index (χ0n) is 16.8. The van der Waals surface area contributed by atoms with Gasteiger partial charge in [-0.15, -0.1) is 5.10 Å². The number of ether oxygens (including phenoxy) is 1. The summed E-state index contributed by atoms with van der Waals surface area (Å²) in [7, 11) is 3.56. The molecule has 0 radical (unpaired) electrons. The summed E-state index contributed by atoms with van der Waals surface area (Å²) in [4.78, 5) is 28.6. The fraction of sp³-hybridized carbons (Fsp3) is 0.143. The summed E-state index contributed by atoms with van der Waals surface area (Å²) in [5, 5.41) is 20.5. The molecule has 0 fully saturated rings. The molecule has 1 aromatic heterocycles. The van der Waals surface area contributed by atoms with Crippen molar-refractivity contribution in [3.05, 3.63) is 71.8 Å². The Hall–Kier alpha value is -4.52. The van der Waals surface area contributed by atoms with E-state index in [9.17, 15) is 14.9 Å². The third-order valence-electron chi connectivity index (χ3n) is 4.91. The molecule has 0 saturated carbocycles. The molecule has 0 spiro atoms. The monoisotopic (exact) mass is 415 g/mol. The number of para-hydroxylation sites is 2. The fourth-order valence-corrected chi connectivity index (χ4v) is 3.37. The number of carbonyl (C=O) groups excluding carboxylic acids is 2. The van der Waals surface area contributed by atoms with Gasteiger partial charge in [0.2, 0.25) is 5.78 Å². The van der Waals surface area contributed by atoms with Gasteiger partial charge in [0.15, 0.2) is 6.61 Å². The maximum atomic E-state index is 12.7. The number of anilines is 2. The molecule has 0 unspecified atom stereocenters. The highest BCUT2D eigenvalue weighted by atomic mass is 16.5. The summed E-state index contributed by atoms with van der Waals surface area (Å²) >= 11 is 0. The highest BCUT2D eigenvalue weighted by Crippen LogP contribution is 2.40. The van der Waals surface area contributed by atoms with E-state index in [4.69, 9.17) is 4.74 Å². The van der Waals surface area contributed by atoms with Crippen LogP contribution >= 0.6 is 0 Å². The lowest BCUT2D eigenvalue weighted by molar-refractivity contribution is -0.118. The minimum atomic E-state index is -0.671. The number of hydrogen-bond acceptors (Lipinski definition) is 9. The summed E-state index contributed by atoms with van der Waals surface area (Å²) in [6.07, 6.45) is 1.43. The van der Waals surface area contributed by atoms with E-state index >= 15 is 0 Å². The van der Waals surface area contributed by atoms with E-state index < -0.39 is 18.4 Å². The number of fused-ring (bicyclic) bond motifs is 1. The van der Waals surface area contributed by atoms with Crippen molar-refractivity contribution < 1.29 is 14.3 Å². The number of benzene rings is 2. The lowest BCUT2D eigenvalue weighted by atomic mass is 10.1. The smallest absolute Gasteiger partial charge is 0.338 e. The van der Waals surface area contributed by atoms with Crippen molar-refractivity contribution in [2.24, 2.45) is 0 Å². The number of nitriles is 1. The molecule has 154 valence electrons. The predicted molar refractivity (Wildman–Crippen MR) is 110 cm³/mol. The van der Waals surface area contributed by atoms with Crippen LogP contribution in [0.3, 0.4) is 0 Å². The van der Waals surface area contributed by atoms with E-state index in [0.717, 1.165) is 11.4 Å². The number of tetrazole rings is 1. The molecule has 0 N–H and O–H groups in total. The van der Waals surface area contributed by atoms with Gasteiger partial charge < -0.3 is 14.5 Å². The number of rotatable bonds is 5. The first-order chi connectivity index (χ1) is 15.0. The van der Waals surface area contributed by atoms with Gasteiger partial charge in [0.1, 0.15) is 23.8 Å². The molecule has 0 atom stereocenters. The first kappa shape index (κ1) is 19.8. The molecular formula is C21H17N7O3. The Bertz CT molecular complexity index is 1180. The Morgan fingerprint density at radius 1 is 1.03 bits per heavy atom. The van der Waals surface area contributed by atoms with Crippen LogP contribution < -0.4 is 9.80 Å². The molecule has 2 aromatic carbocycles. The normalized spacial score (nSPS) is 12.4. The zero-order valence-corrected chi connectivity index (χ0v) is 16.8. The van der Waals surface area contributed by atoms with Crippen molar-refractivity contribution in [3.8, 4) is 11.8 Å². The van der Waals surface area contributed by atoms with Crippen molar-refractivity contribution in [3.63, 3.8) is 0 Å². The third-order valence-corrected chi connectivity index (χ3v) is 4.91. The van der Waals surface area contributed by atoms with Crippen LogP contribution in [-0.4, -0.2) is 52.7 Å². The van der Waals surface area contributed by atoms with E-state index in [0.29, 0.717) is 11.5 Å². The fourth-order valence-electron chi connectivity index (χ4n) is 3.37. The summed E-state index contributed by atoms with van der Waals surface area (Å²) < 4.78 is 6.59. The molecule has 0 bridgehead atoms. The van der Waals surface area contributed by atoms with Gasteiger partial charge in [0, 0.05) is 14.1 Å². The van der Waals surface area contributed by atoms with Gasteiger partial charge in [-0.2, -0.15) is 5.26 Å². The first-order valence-electron chi connectivity index (χ1n) is 9.26. The van der Waals surface area contributed by atoms with Gasteiger partial charge >= 0.3 is 5.97 Å². The second kappa shape index (κ2) is 8.08. The number of hydrogen-bond donors (Lipinski definition) is 0. The van der Waals surface area contributed by atoms with Gasteiger partial charge in [0.25, 0.3) is 0 Å². The molecule has 31 heavy (non-hydrogen) atoms. The Balaban J connectivity index is 1.47. The molecule has 0 amide bonds. The molecule has 10 heteroatoms. The lowest BCUT2D eigenvalue weighted by Gasteiger charge is -2.19. The van der Waals surface area contributed by atoms with E-state index in [1.165, 1.54) is 11.0 Å². The number of nitrogens with zero attached hydrogens (tertiary/aromatic N) is 7. The van der Waals surface area contributed by atoms with Crippen LogP contribution in [0.4, 0.5) is 11.4 Å². The largest absolute Gasteiger partial charge is 0.454 e. The molecule has 0 aliphatic carbocycles. The number of esters is 1. The van der Waals surface area contributed by atoms with Crippen molar-refractivity contribution in [2.45, 2.75) is 0 Å². The van der Waals surface area contributed by atoms with Crippen LogP contribution in [0.2, 0.25) is 0 Å². The van der Waals surface area contributed by atoms with E-state index in [2.05, 4.69) is 15.5 Å². The number of Topliss-reactive ketones (excluding diaryl/α,β-unsaturated/α-hetero) is 1. The summed E-state index contributed by atoms with van der Waals surface area (Å²) in [6, 6.07) is 15.9. The highest BCUT2D eigenvalue weighted by Gasteiger charge is 2.31. The summed E-state index contributed by atoms with van der Waals surface area (Å²) in [5.74, 6) is -0.812. The quantitative estimate of drug-likeness (QED) is 0.349. The van der Waals surface area contributed by atoms with Crippen LogP contribution in [0.5, 0.6) is 0 Å². The molecule has 3 aromatic rings. The zero-order chi connectivity index (χ0) is 22.0. The first-order valence-corrected chi connectivity index (χ1v) is 9.26. The number of ketones is 1. The Labute approximate surface area is 177 Å². The maximum Gasteiger partial charge on any atom is 0.338 e. The summed E-state index contributed by atoms with van der Waals surface area (Å²) in [5.41, 5.74) is 2.60. The van der Waals surface area contributed by atoms with E-state index in [1.54, 1.807) is 48.2 Å². The number of carbonyl (C=O) groups is 2. The lowest BCUT2D eigenvalue weighted by Crippen LogP contribution is -2.27. The Morgan fingerprint density at radius 2 is 1.68 bits per heavy atom. The van der Waals surface area contributed by atoms with Crippen LogP contribution in [0.15, 0.2) is 66.3 Å². The average molecular weight is 415 g/mol. The standard InChI is InChI=1S/C21H17N7O3/c1-26-17-5-3-4-6-18(17)27(2)20(26)16(11-22)19(29)12-31-21(30)14-7-9-15(10-8-14)28-13-23-24-25-28/h3-10,13H,12H2,1-2H3. The van der Waals surface area contributed by atoms with Gasteiger partial charge in [0.05, 0.1) is 22.6 Å². The van der Waals surface area contributed by atoms with Gasteiger partial charge in [-0.1, -0.05) is 12.1 Å². The van der Waals surface area contributed by atoms with Crippen molar-refractivity contribution in [1.29, 1.82) is 5.26 Å². The van der Waals surface area contributed by atoms with Crippen molar-refractivity contribution >= 4 is 23.1 Å².